The van der Waals surface area contributed by atoms with E-state index in [1.807, 2.05) is 6.07 Å². The average Bonchev–Trinajstić information content (AvgIpc) is 3.25. The summed E-state index contributed by atoms with van der Waals surface area (Å²) in [4.78, 5) is 20.1. The molecule has 3 rings (SSSR count). The van der Waals surface area contributed by atoms with Crippen LogP contribution in [0.25, 0.3) is 0 Å². The molecule has 2 N–H and O–H groups in total. The zero-order chi connectivity index (χ0) is 13.1. The van der Waals surface area contributed by atoms with E-state index in [4.69, 9.17) is 0 Å². The number of hydrogen-bond donors (Lipinski definition) is 2. The lowest BCUT2D eigenvalue weighted by atomic mass is 10.2. The molecule has 96 valence electrons. The Bertz CT molecular complexity index is 564. The van der Waals surface area contributed by atoms with Gasteiger partial charge in [-0.05, 0) is 37.1 Å². The van der Waals surface area contributed by atoms with Crippen molar-refractivity contribution < 1.29 is 4.79 Å². The van der Waals surface area contributed by atoms with E-state index in [0.29, 0.717) is 11.6 Å². The highest BCUT2D eigenvalue weighted by atomic mass is 16.1. The number of pyridine rings is 2. The summed E-state index contributed by atoms with van der Waals surface area (Å²) in [6.07, 6.45) is 7.26. The first-order valence-corrected chi connectivity index (χ1v) is 6.25. The van der Waals surface area contributed by atoms with Crippen molar-refractivity contribution in [3.63, 3.8) is 0 Å². The molecule has 2 aromatic rings. The first kappa shape index (κ1) is 11.6. The van der Waals surface area contributed by atoms with Crippen LogP contribution in [0.2, 0.25) is 0 Å². The maximum absolute atomic E-state index is 12.0. The van der Waals surface area contributed by atoms with Gasteiger partial charge in [-0.15, -0.1) is 0 Å². The van der Waals surface area contributed by atoms with Crippen molar-refractivity contribution in [2.24, 2.45) is 0 Å². The quantitative estimate of drug-likeness (QED) is 0.878. The van der Waals surface area contributed by atoms with Crippen LogP contribution in [0, 0.1) is 0 Å². The third-order valence-corrected chi connectivity index (χ3v) is 2.89. The van der Waals surface area contributed by atoms with Gasteiger partial charge in [0.05, 0.1) is 5.56 Å². The zero-order valence-electron chi connectivity index (χ0n) is 10.3. The molecule has 1 saturated carbocycles. The highest BCUT2D eigenvalue weighted by Crippen LogP contribution is 2.23. The number of rotatable bonds is 4. The van der Waals surface area contributed by atoms with Crippen molar-refractivity contribution in [2.45, 2.75) is 18.9 Å². The number of anilines is 2. The Labute approximate surface area is 111 Å². The van der Waals surface area contributed by atoms with Crippen LogP contribution in [0.1, 0.15) is 23.2 Å². The van der Waals surface area contributed by atoms with Crippen molar-refractivity contribution in [1.29, 1.82) is 0 Å². The molecule has 1 amide bonds. The third-order valence-electron chi connectivity index (χ3n) is 2.89. The number of hydrogen-bond acceptors (Lipinski definition) is 4. The molecular formula is C14H14N4O. The summed E-state index contributed by atoms with van der Waals surface area (Å²) in [5.41, 5.74) is 1.26. The topological polar surface area (TPSA) is 66.9 Å². The Morgan fingerprint density at radius 3 is 2.58 bits per heavy atom. The molecule has 19 heavy (non-hydrogen) atoms. The van der Waals surface area contributed by atoms with Gasteiger partial charge in [0.2, 0.25) is 0 Å². The second kappa shape index (κ2) is 5.06. The van der Waals surface area contributed by atoms with Gasteiger partial charge in [-0.25, -0.2) is 4.98 Å². The van der Waals surface area contributed by atoms with Gasteiger partial charge in [-0.3, -0.25) is 9.78 Å². The van der Waals surface area contributed by atoms with E-state index in [1.54, 1.807) is 36.8 Å². The van der Waals surface area contributed by atoms with Gasteiger partial charge in [0.1, 0.15) is 5.82 Å². The maximum Gasteiger partial charge on any atom is 0.257 e. The summed E-state index contributed by atoms with van der Waals surface area (Å²) in [6, 6.07) is 7.65. The van der Waals surface area contributed by atoms with Crippen molar-refractivity contribution >= 4 is 17.4 Å². The van der Waals surface area contributed by atoms with Crippen LogP contribution in [-0.2, 0) is 0 Å². The molecule has 0 bridgehead atoms. The van der Waals surface area contributed by atoms with Crippen LogP contribution in [0.4, 0.5) is 11.5 Å². The van der Waals surface area contributed by atoms with Crippen LogP contribution in [-0.4, -0.2) is 21.9 Å². The number of nitrogens with zero attached hydrogens (tertiary/aromatic N) is 2. The number of carbonyl (C=O) groups excluding carboxylic acids is 1. The molecule has 1 aliphatic rings. The summed E-state index contributed by atoms with van der Waals surface area (Å²) in [6.45, 7) is 0. The Hall–Kier alpha value is -2.43. The van der Waals surface area contributed by atoms with E-state index in [2.05, 4.69) is 20.6 Å². The van der Waals surface area contributed by atoms with Crippen LogP contribution in [0.5, 0.6) is 0 Å². The SMILES string of the molecule is O=C(Nc1ccncc1)c1ccc(NC2CC2)nc1. The van der Waals surface area contributed by atoms with Crippen molar-refractivity contribution in [3.05, 3.63) is 48.4 Å². The molecule has 1 fully saturated rings. The van der Waals surface area contributed by atoms with E-state index in [-0.39, 0.29) is 5.91 Å². The van der Waals surface area contributed by atoms with E-state index in [9.17, 15) is 4.79 Å². The van der Waals surface area contributed by atoms with Crippen molar-refractivity contribution in [3.8, 4) is 0 Å². The summed E-state index contributed by atoms with van der Waals surface area (Å²) in [7, 11) is 0. The van der Waals surface area contributed by atoms with E-state index in [0.717, 1.165) is 11.5 Å². The largest absolute Gasteiger partial charge is 0.367 e. The first-order chi connectivity index (χ1) is 9.31. The molecule has 0 aromatic carbocycles. The molecule has 0 spiro atoms. The van der Waals surface area contributed by atoms with Crippen LogP contribution in [0.15, 0.2) is 42.9 Å². The number of aromatic nitrogens is 2. The molecule has 5 heteroatoms. The smallest absolute Gasteiger partial charge is 0.257 e. The standard InChI is InChI=1S/C14H14N4O/c19-14(18-12-5-7-15-8-6-12)10-1-4-13(16-9-10)17-11-2-3-11/h1,4-9,11H,2-3H2,(H,16,17)(H,15,18,19). The second-order valence-electron chi connectivity index (χ2n) is 4.54. The average molecular weight is 254 g/mol. The van der Waals surface area contributed by atoms with Gasteiger partial charge in [-0.2, -0.15) is 0 Å². The monoisotopic (exact) mass is 254 g/mol. The van der Waals surface area contributed by atoms with Crippen LogP contribution >= 0.6 is 0 Å². The van der Waals surface area contributed by atoms with Gasteiger partial charge in [0.25, 0.3) is 5.91 Å². The molecule has 0 atom stereocenters. The van der Waals surface area contributed by atoms with Crippen molar-refractivity contribution in [2.75, 3.05) is 10.6 Å². The second-order valence-corrected chi connectivity index (χ2v) is 4.54. The van der Waals surface area contributed by atoms with Crippen molar-refractivity contribution in [1.82, 2.24) is 9.97 Å². The predicted molar refractivity (Wildman–Crippen MR) is 73.1 cm³/mol. The van der Waals surface area contributed by atoms with Crippen LogP contribution in [0.3, 0.4) is 0 Å². The van der Waals surface area contributed by atoms with Gasteiger partial charge in [0, 0.05) is 30.3 Å². The molecule has 1 aliphatic carbocycles. The fourth-order valence-corrected chi connectivity index (χ4v) is 1.69. The number of amides is 1. The minimum absolute atomic E-state index is 0.170. The molecule has 5 nitrogen and oxygen atoms in total. The lowest BCUT2D eigenvalue weighted by Gasteiger charge is -2.06. The summed E-state index contributed by atoms with van der Waals surface area (Å²) < 4.78 is 0. The fraction of sp³-hybridized carbons (Fsp3) is 0.214. The molecule has 0 aliphatic heterocycles. The molecule has 0 saturated heterocycles. The fourth-order valence-electron chi connectivity index (χ4n) is 1.69. The maximum atomic E-state index is 12.0. The normalized spacial score (nSPS) is 13.9. The van der Waals surface area contributed by atoms with Gasteiger partial charge >= 0.3 is 0 Å². The van der Waals surface area contributed by atoms with E-state index < -0.39 is 0 Å². The Morgan fingerprint density at radius 2 is 1.95 bits per heavy atom. The molecule has 0 radical (unpaired) electrons. The molecule has 2 aromatic heterocycles. The molecular weight excluding hydrogens is 240 g/mol. The third kappa shape index (κ3) is 3.07. The highest BCUT2D eigenvalue weighted by molar-refractivity contribution is 6.04. The zero-order valence-corrected chi connectivity index (χ0v) is 10.3. The summed E-state index contributed by atoms with van der Waals surface area (Å²) >= 11 is 0. The minimum Gasteiger partial charge on any atom is -0.367 e. The number of nitrogens with one attached hydrogen (secondary N) is 2. The van der Waals surface area contributed by atoms with Gasteiger partial charge in [-0.1, -0.05) is 0 Å². The Balaban J connectivity index is 1.65. The van der Waals surface area contributed by atoms with E-state index in [1.165, 1.54) is 12.8 Å². The molecule has 2 heterocycles. The first-order valence-electron chi connectivity index (χ1n) is 6.25. The summed E-state index contributed by atoms with van der Waals surface area (Å²) in [5.74, 6) is 0.652. The van der Waals surface area contributed by atoms with E-state index >= 15 is 0 Å². The van der Waals surface area contributed by atoms with Gasteiger partial charge in [0.15, 0.2) is 0 Å². The lowest BCUT2D eigenvalue weighted by Crippen LogP contribution is -2.12. The lowest BCUT2D eigenvalue weighted by molar-refractivity contribution is 0.102. The minimum atomic E-state index is -0.170. The number of carbonyl (C=O) groups is 1. The van der Waals surface area contributed by atoms with Crippen LogP contribution < -0.4 is 10.6 Å². The van der Waals surface area contributed by atoms with Gasteiger partial charge < -0.3 is 10.6 Å². The Kier molecular flexibility index (Phi) is 3.10. The predicted octanol–water partition coefficient (Wildman–Crippen LogP) is 2.30. The Morgan fingerprint density at radius 1 is 1.16 bits per heavy atom. The summed E-state index contributed by atoms with van der Waals surface area (Å²) in [5, 5.41) is 6.07. The highest BCUT2D eigenvalue weighted by Gasteiger charge is 2.21. The molecule has 0 unspecified atom stereocenters.